The summed E-state index contributed by atoms with van der Waals surface area (Å²) in [4.78, 5) is 24.3. The minimum absolute atomic E-state index is 0.0613. The van der Waals surface area contributed by atoms with Gasteiger partial charge in [-0.25, -0.2) is 5.10 Å². The molecular weight excluding hydrogens is 292 g/mol. The summed E-state index contributed by atoms with van der Waals surface area (Å²) >= 11 is 0. The van der Waals surface area contributed by atoms with Gasteiger partial charge in [0.2, 0.25) is 0 Å². The van der Waals surface area contributed by atoms with Gasteiger partial charge in [-0.2, -0.15) is 5.10 Å². The minimum Gasteiger partial charge on any atom is -0.350 e. The minimum atomic E-state index is -0.456. The Bertz CT molecular complexity index is 797. The van der Waals surface area contributed by atoms with Crippen LogP contribution >= 0.6 is 0 Å². The predicted octanol–water partition coefficient (Wildman–Crippen LogP) is 1.00. The summed E-state index contributed by atoms with van der Waals surface area (Å²) in [6.07, 6.45) is 0.989. The molecule has 2 heterocycles. The number of benzene rings is 1. The average molecular weight is 312 g/mol. The van der Waals surface area contributed by atoms with Crippen molar-refractivity contribution in [3.05, 3.63) is 62.6 Å². The molecule has 1 aromatic carbocycles. The van der Waals surface area contributed by atoms with Crippen molar-refractivity contribution in [2.45, 2.75) is 26.3 Å². The largest absolute Gasteiger partial charge is 0.350 e. The van der Waals surface area contributed by atoms with Crippen LogP contribution in [-0.2, 0) is 6.42 Å². The summed E-state index contributed by atoms with van der Waals surface area (Å²) < 4.78 is 0. The highest BCUT2D eigenvalue weighted by Gasteiger charge is 2.21. The van der Waals surface area contributed by atoms with Gasteiger partial charge >= 0.3 is 0 Å². The Morgan fingerprint density at radius 1 is 1.35 bits per heavy atom. The number of aryl methyl sites for hydroxylation is 1. The zero-order valence-electron chi connectivity index (χ0n) is 13.3. The van der Waals surface area contributed by atoms with Crippen LogP contribution < -0.4 is 16.2 Å². The molecule has 3 rings (SSSR count). The number of nitrogens with zero attached hydrogens (tertiary/aromatic N) is 1. The molecule has 6 heteroatoms. The van der Waals surface area contributed by atoms with Gasteiger partial charge in [-0.15, -0.1) is 0 Å². The van der Waals surface area contributed by atoms with E-state index in [9.17, 15) is 9.59 Å². The van der Waals surface area contributed by atoms with E-state index in [1.165, 1.54) is 11.1 Å². The fourth-order valence-corrected chi connectivity index (χ4v) is 2.96. The Kier molecular flexibility index (Phi) is 4.25. The lowest BCUT2D eigenvalue weighted by Gasteiger charge is -2.27. The van der Waals surface area contributed by atoms with Crippen molar-refractivity contribution in [3.8, 4) is 0 Å². The van der Waals surface area contributed by atoms with Crippen LogP contribution in [0.5, 0.6) is 0 Å². The fraction of sp³-hybridized carbons (Fsp3) is 0.353. The van der Waals surface area contributed by atoms with Gasteiger partial charge in [0.05, 0.1) is 5.69 Å². The molecular formula is C17H20N4O2. The summed E-state index contributed by atoms with van der Waals surface area (Å²) in [7, 11) is 0. The number of hydrogen-bond acceptors (Lipinski definition) is 4. The number of hydrogen-bond donors (Lipinski definition) is 3. The zero-order chi connectivity index (χ0) is 16.4. The molecule has 1 unspecified atom stereocenters. The van der Waals surface area contributed by atoms with Crippen LogP contribution in [0.25, 0.3) is 0 Å². The monoisotopic (exact) mass is 312 g/mol. The van der Waals surface area contributed by atoms with Crippen LogP contribution in [0.4, 0.5) is 0 Å². The first-order chi connectivity index (χ1) is 11.1. The SMILES string of the molecule is Cc1n[nH]c(=O)c(C(=O)NCC2NCCc3ccccc32)c1C. The lowest BCUT2D eigenvalue weighted by Crippen LogP contribution is -2.40. The Morgan fingerprint density at radius 3 is 2.96 bits per heavy atom. The molecule has 1 amide bonds. The maximum Gasteiger partial charge on any atom is 0.277 e. The Labute approximate surface area is 134 Å². The normalized spacial score (nSPS) is 16.7. The number of fused-ring (bicyclic) bond motifs is 1. The quantitative estimate of drug-likeness (QED) is 0.789. The molecule has 0 bridgehead atoms. The second kappa shape index (κ2) is 6.34. The van der Waals surface area contributed by atoms with Crippen molar-refractivity contribution in [2.24, 2.45) is 0 Å². The number of aromatic nitrogens is 2. The average Bonchev–Trinajstić information content (AvgIpc) is 2.56. The van der Waals surface area contributed by atoms with Crippen LogP contribution in [0.15, 0.2) is 29.1 Å². The summed E-state index contributed by atoms with van der Waals surface area (Å²) in [5, 5.41) is 12.5. The summed E-state index contributed by atoms with van der Waals surface area (Å²) in [5.74, 6) is -0.362. The zero-order valence-corrected chi connectivity index (χ0v) is 13.3. The van der Waals surface area contributed by atoms with Gasteiger partial charge in [0.25, 0.3) is 11.5 Å². The third kappa shape index (κ3) is 3.03. The highest BCUT2D eigenvalue weighted by atomic mass is 16.2. The maximum absolute atomic E-state index is 12.4. The molecule has 1 aliphatic heterocycles. The van der Waals surface area contributed by atoms with E-state index in [0.717, 1.165) is 13.0 Å². The van der Waals surface area contributed by atoms with Crippen molar-refractivity contribution in [3.63, 3.8) is 0 Å². The smallest absolute Gasteiger partial charge is 0.277 e. The number of rotatable bonds is 3. The summed E-state index contributed by atoms with van der Waals surface area (Å²) in [6.45, 7) is 4.82. The predicted molar refractivity (Wildman–Crippen MR) is 87.6 cm³/mol. The van der Waals surface area contributed by atoms with Crippen molar-refractivity contribution >= 4 is 5.91 Å². The lowest BCUT2D eigenvalue weighted by atomic mass is 9.94. The molecule has 3 N–H and O–H groups in total. The van der Waals surface area contributed by atoms with Gasteiger partial charge in [0.15, 0.2) is 0 Å². The topological polar surface area (TPSA) is 86.9 Å². The third-order valence-corrected chi connectivity index (χ3v) is 4.38. The van der Waals surface area contributed by atoms with E-state index >= 15 is 0 Å². The van der Waals surface area contributed by atoms with E-state index in [2.05, 4.69) is 33.0 Å². The molecule has 0 saturated heterocycles. The molecule has 0 spiro atoms. The number of amides is 1. The van der Waals surface area contributed by atoms with Gasteiger partial charge in [-0.05, 0) is 43.5 Å². The molecule has 120 valence electrons. The third-order valence-electron chi connectivity index (χ3n) is 4.38. The molecule has 2 aromatic rings. The number of H-pyrrole nitrogens is 1. The maximum atomic E-state index is 12.4. The van der Waals surface area contributed by atoms with Gasteiger partial charge in [0.1, 0.15) is 5.56 Å². The Balaban J connectivity index is 1.76. The molecule has 1 atom stereocenters. The number of nitrogens with one attached hydrogen (secondary N) is 3. The highest BCUT2D eigenvalue weighted by Crippen LogP contribution is 2.21. The standard InChI is InChI=1S/C17H20N4O2/c1-10-11(2)20-21-17(23)15(10)16(22)19-9-14-13-6-4-3-5-12(13)7-8-18-14/h3-6,14,18H,7-9H2,1-2H3,(H,19,22)(H,21,23). The first-order valence-corrected chi connectivity index (χ1v) is 7.73. The number of aromatic amines is 1. The molecule has 23 heavy (non-hydrogen) atoms. The Hall–Kier alpha value is -2.47. The van der Waals surface area contributed by atoms with Crippen molar-refractivity contribution < 1.29 is 4.79 Å². The molecule has 6 nitrogen and oxygen atoms in total. The van der Waals surface area contributed by atoms with Gasteiger partial charge < -0.3 is 10.6 Å². The fourth-order valence-electron chi connectivity index (χ4n) is 2.96. The van der Waals surface area contributed by atoms with Crippen LogP contribution in [0.3, 0.4) is 0 Å². The highest BCUT2D eigenvalue weighted by molar-refractivity contribution is 5.95. The van der Waals surface area contributed by atoms with Crippen LogP contribution in [0.2, 0.25) is 0 Å². The van der Waals surface area contributed by atoms with Crippen LogP contribution in [0.1, 0.15) is 38.8 Å². The molecule has 0 radical (unpaired) electrons. The van der Waals surface area contributed by atoms with Crippen LogP contribution in [-0.4, -0.2) is 29.2 Å². The van der Waals surface area contributed by atoms with E-state index in [-0.39, 0.29) is 17.5 Å². The first kappa shape index (κ1) is 15.4. The lowest BCUT2D eigenvalue weighted by molar-refractivity contribution is 0.0946. The number of carbonyl (C=O) groups excluding carboxylic acids is 1. The molecule has 0 aliphatic carbocycles. The molecule has 0 fully saturated rings. The van der Waals surface area contributed by atoms with E-state index in [1.54, 1.807) is 13.8 Å². The molecule has 1 aromatic heterocycles. The second-order valence-electron chi connectivity index (χ2n) is 5.80. The van der Waals surface area contributed by atoms with Gasteiger partial charge in [-0.3, -0.25) is 9.59 Å². The van der Waals surface area contributed by atoms with Crippen molar-refractivity contribution in [2.75, 3.05) is 13.1 Å². The van der Waals surface area contributed by atoms with E-state index < -0.39 is 5.56 Å². The Morgan fingerprint density at radius 2 is 2.13 bits per heavy atom. The molecule has 0 saturated carbocycles. The van der Waals surface area contributed by atoms with Crippen molar-refractivity contribution in [1.82, 2.24) is 20.8 Å². The van der Waals surface area contributed by atoms with Gasteiger partial charge in [-0.1, -0.05) is 24.3 Å². The summed E-state index contributed by atoms with van der Waals surface area (Å²) in [5.41, 5.74) is 3.46. The second-order valence-corrected chi connectivity index (χ2v) is 5.80. The first-order valence-electron chi connectivity index (χ1n) is 7.73. The van der Waals surface area contributed by atoms with E-state index in [1.807, 2.05) is 12.1 Å². The van der Waals surface area contributed by atoms with E-state index in [4.69, 9.17) is 0 Å². The number of carbonyl (C=O) groups is 1. The van der Waals surface area contributed by atoms with Crippen molar-refractivity contribution in [1.29, 1.82) is 0 Å². The van der Waals surface area contributed by atoms with E-state index in [0.29, 0.717) is 17.8 Å². The van der Waals surface area contributed by atoms with Gasteiger partial charge in [0, 0.05) is 12.6 Å². The van der Waals surface area contributed by atoms with Crippen LogP contribution in [0, 0.1) is 13.8 Å². The summed E-state index contributed by atoms with van der Waals surface area (Å²) in [6, 6.07) is 8.29. The molecule has 1 aliphatic rings.